The number of quaternary nitrogens is 1. The second kappa shape index (κ2) is 9.60. The number of benzene rings is 3. The first-order valence-electron chi connectivity index (χ1n) is 11.3. The molecule has 0 unspecified atom stereocenters. The highest BCUT2D eigenvalue weighted by Gasteiger charge is 2.20. The fourth-order valence-electron chi connectivity index (χ4n) is 4.75. The van der Waals surface area contributed by atoms with Crippen LogP contribution in [0.5, 0.6) is 0 Å². The average molecular weight is 479 g/mol. The van der Waals surface area contributed by atoms with Crippen LogP contribution in [0.1, 0.15) is 35.4 Å². The maximum Gasteiger partial charge on any atom is 0.250 e. The molecule has 1 fully saturated rings. The molecule has 0 bridgehead atoms. The predicted octanol–water partition coefficient (Wildman–Crippen LogP) is 5.15. The van der Waals surface area contributed by atoms with Crippen molar-refractivity contribution in [3.05, 3.63) is 110 Å². The number of aromatic nitrogens is 1. The Hall–Kier alpha value is -2.79. The van der Waals surface area contributed by atoms with Crippen molar-refractivity contribution in [3.63, 3.8) is 0 Å². The third-order valence-corrected chi connectivity index (χ3v) is 6.91. The molecule has 1 aromatic heterocycles. The minimum absolute atomic E-state index is 0.00740. The first-order valence-corrected chi connectivity index (χ1v) is 12.1. The molecule has 3 aromatic carbocycles. The third kappa shape index (κ3) is 4.93. The number of piperidine rings is 1. The maximum atomic E-state index is 12.3. The van der Waals surface area contributed by atoms with Crippen LogP contribution in [-0.2, 0) is 0 Å². The molecular weight excluding hydrogens is 453 g/mol. The quantitative estimate of drug-likeness (QED) is 0.347. The third-order valence-electron chi connectivity index (χ3n) is 6.41. The molecule has 1 saturated heterocycles. The highest BCUT2D eigenvalue weighted by molar-refractivity contribution is 6.30. The van der Waals surface area contributed by atoms with Crippen molar-refractivity contribution in [2.75, 3.05) is 18.4 Å². The van der Waals surface area contributed by atoms with Crippen LogP contribution in [0.3, 0.4) is 0 Å². The molecule has 0 atom stereocenters. The molecule has 0 saturated carbocycles. The van der Waals surface area contributed by atoms with Crippen LogP contribution < -0.4 is 16.2 Å². The van der Waals surface area contributed by atoms with E-state index in [1.54, 1.807) is 6.07 Å². The molecule has 33 heavy (non-hydrogen) atoms. The van der Waals surface area contributed by atoms with Gasteiger partial charge in [0.25, 0.3) is 0 Å². The standard InChI is InChI=1S/C27H25Cl2N3O/c28-20-6-1-17(2-7-20)27(18-3-8-21(29)9-4-18)19-5-10-24-23(15-19)25(16-26(33)32-24)31-22-11-13-30-14-12-22/h1-10,15-16,22,27,30H,11-14H2,(H2,31,32,33)/p+1. The smallest absolute Gasteiger partial charge is 0.250 e. The summed E-state index contributed by atoms with van der Waals surface area (Å²) in [6.07, 6.45) is 2.18. The van der Waals surface area contributed by atoms with Gasteiger partial charge >= 0.3 is 0 Å². The molecule has 168 valence electrons. The van der Waals surface area contributed by atoms with E-state index in [1.165, 1.54) is 0 Å². The summed E-state index contributed by atoms with van der Waals surface area (Å²) in [4.78, 5) is 15.3. The minimum atomic E-state index is -0.0907. The van der Waals surface area contributed by atoms with E-state index in [2.05, 4.69) is 52.0 Å². The number of halogens is 2. The molecule has 4 N–H and O–H groups in total. The molecule has 6 heteroatoms. The van der Waals surface area contributed by atoms with Gasteiger partial charge in [0.05, 0.1) is 18.6 Å². The van der Waals surface area contributed by atoms with Gasteiger partial charge < -0.3 is 15.6 Å². The fourth-order valence-corrected chi connectivity index (χ4v) is 5.00. The number of pyridine rings is 1. The van der Waals surface area contributed by atoms with E-state index in [1.807, 2.05) is 30.3 Å². The molecule has 1 aliphatic rings. The zero-order chi connectivity index (χ0) is 22.8. The lowest BCUT2D eigenvalue weighted by molar-refractivity contribution is -0.662. The molecular formula is C27H26Cl2N3O+. The molecule has 4 aromatic rings. The normalized spacial score (nSPS) is 14.6. The van der Waals surface area contributed by atoms with E-state index in [9.17, 15) is 4.79 Å². The van der Waals surface area contributed by atoms with Crippen LogP contribution in [0.4, 0.5) is 5.69 Å². The number of nitrogens with one attached hydrogen (secondary N) is 2. The number of H-pyrrole nitrogens is 1. The van der Waals surface area contributed by atoms with Crippen molar-refractivity contribution in [2.45, 2.75) is 24.8 Å². The molecule has 0 spiro atoms. The van der Waals surface area contributed by atoms with Crippen molar-refractivity contribution in [2.24, 2.45) is 0 Å². The Labute approximate surface area is 202 Å². The summed E-state index contributed by atoms with van der Waals surface area (Å²) < 4.78 is 0. The van der Waals surface area contributed by atoms with Crippen molar-refractivity contribution < 1.29 is 5.32 Å². The molecule has 4 nitrogen and oxygen atoms in total. The van der Waals surface area contributed by atoms with Gasteiger partial charge in [-0.2, -0.15) is 0 Å². The van der Waals surface area contributed by atoms with Crippen LogP contribution in [0.2, 0.25) is 10.0 Å². The van der Waals surface area contributed by atoms with Crippen LogP contribution in [0, 0.1) is 0 Å². The lowest BCUT2D eigenvalue weighted by atomic mass is 9.84. The summed E-state index contributed by atoms with van der Waals surface area (Å²) in [6, 6.07) is 24.3. The van der Waals surface area contributed by atoms with Gasteiger partial charge in [0.15, 0.2) is 0 Å². The summed E-state index contributed by atoms with van der Waals surface area (Å²) in [7, 11) is 0. The van der Waals surface area contributed by atoms with Gasteiger partial charge in [-0.15, -0.1) is 0 Å². The van der Waals surface area contributed by atoms with Crippen molar-refractivity contribution >= 4 is 39.8 Å². The fraction of sp³-hybridized carbons (Fsp3) is 0.222. The van der Waals surface area contributed by atoms with E-state index in [4.69, 9.17) is 23.2 Å². The number of rotatable bonds is 5. The van der Waals surface area contributed by atoms with Gasteiger partial charge in [-0.1, -0.05) is 53.5 Å². The number of aromatic amines is 1. The lowest BCUT2D eigenvalue weighted by Gasteiger charge is -2.24. The molecule has 0 aliphatic carbocycles. The second-order valence-electron chi connectivity index (χ2n) is 8.67. The zero-order valence-electron chi connectivity index (χ0n) is 18.2. The van der Waals surface area contributed by atoms with Gasteiger partial charge in [0, 0.05) is 52.0 Å². The Bertz CT molecular complexity index is 1260. The highest BCUT2D eigenvalue weighted by atomic mass is 35.5. The predicted molar refractivity (Wildman–Crippen MR) is 137 cm³/mol. The van der Waals surface area contributed by atoms with Crippen LogP contribution >= 0.6 is 23.2 Å². The molecule has 5 rings (SSSR count). The number of nitrogens with two attached hydrogens (primary N) is 1. The summed E-state index contributed by atoms with van der Waals surface area (Å²) in [6.45, 7) is 2.22. The zero-order valence-corrected chi connectivity index (χ0v) is 19.7. The Kier molecular flexibility index (Phi) is 6.41. The van der Waals surface area contributed by atoms with E-state index < -0.39 is 0 Å². The Morgan fingerprint density at radius 3 is 2.00 bits per heavy atom. The Balaban J connectivity index is 1.62. The van der Waals surface area contributed by atoms with Gasteiger partial charge in [0.2, 0.25) is 5.56 Å². The van der Waals surface area contributed by atoms with Gasteiger partial charge in [-0.05, 0) is 53.1 Å². The van der Waals surface area contributed by atoms with Gasteiger partial charge in [0.1, 0.15) is 0 Å². The van der Waals surface area contributed by atoms with Gasteiger partial charge in [-0.3, -0.25) is 4.79 Å². The van der Waals surface area contributed by atoms with Crippen LogP contribution in [0.15, 0.2) is 77.6 Å². The first-order chi connectivity index (χ1) is 16.1. The van der Waals surface area contributed by atoms with Crippen molar-refractivity contribution in [3.8, 4) is 0 Å². The maximum absolute atomic E-state index is 12.3. The highest BCUT2D eigenvalue weighted by Crippen LogP contribution is 2.35. The Morgan fingerprint density at radius 2 is 1.39 bits per heavy atom. The summed E-state index contributed by atoms with van der Waals surface area (Å²) in [5, 5.41) is 8.43. The Morgan fingerprint density at radius 1 is 0.818 bits per heavy atom. The van der Waals surface area contributed by atoms with Crippen molar-refractivity contribution in [1.82, 2.24) is 4.98 Å². The second-order valence-corrected chi connectivity index (χ2v) is 9.55. The summed E-state index contributed by atoms with van der Waals surface area (Å²) in [5.74, 6) is 0.00740. The number of hydrogen-bond donors (Lipinski definition) is 3. The van der Waals surface area contributed by atoms with Crippen LogP contribution in [0.25, 0.3) is 10.9 Å². The number of anilines is 1. The van der Waals surface area contributed by atoms with E-state index >= 15 is 0 Å². The first kappa shape index (κ1) is 22.0. The SMILES string of the molecule is O=c1cc(NC2CC[NH2+]CC2)c2cc(C(c3ccc(Cl)cc3)c3ccc(Cl)cc3)ccc2[nH]1. The van der Waals surface area contributed by atoms with E-state index in [0.717, 1.165) is 59.2 Å². The lowest BCUT2D eigenvalue weighted by Crippen LogP contribution is -2.87. The van der Waals surface area contributed by atoms with Gasteiger partial charge in [-0.25, -0.2) is 0 Å². The van der Waals surface area contributed by atoms with Crippen LogP contribution in [-0.4, -0.2) is 24.1 Å². The van der Waals surface area contributed by atoms with E-state index in [-0.39, 0.29) is 11.5 Å². The molecule has 0 amide bonds. The monoisotopic (exact) mass is 478 g/mol. The number of hydrogen-bond acceptors (Lipinski definition) is 2. The summed E-state index contributed by atoms with van der Waals surface area (Å²) in [5.41, 5.74) is 5.06. The topological polar surface area (TPSA) is 61.5 Å². The molecule has 2 heterocycles. The van der Waals surface area contributed by atoms with E-state index in [0.29, 0.717) is 16.1 Å². The molecule has 0 radical (unpaired) electrons. The van der Waals surface area contributed by atoms with Crippen molar-refractivity contribution in [1.29, 1.82) is 0 Å². The molecule has 1 aliphatic heterocycles. The largest absolute Gasteiger partial charge is 0.381 e. The average Bonchev–Trinajstić information content (AvgIpc) is 2.82. The summed E-state index contributed by atoms with van der Waals surface area (Å²) >= 11 is 12.3. The number of fused-ring (bicyclic) bond motifs is 1. The minimum Gasteiger partial charge on any atom is -0.381 e.